The van der Waals surface area contributed by atoms with Gasteiger partial charge in [-0.15, -0.1) is 0 Å². The first kappa shape index (κ1) is 66.8. The van der Waals surface area contributed by atoms with Crippen molar-refractivity contribution >= 4 is 51.3 Å². The minimum absolute atomic E-state index is 0.00827. The quantitative estimate of drug-likeness (QED) is 0.0627. The number of rotatable bonds is 12. The van der Waals surface area contributed by atoms with Crippen molar-refractivity contribution in [2.24, 2.45) is 11.1 Å². The van der Waals surface area contributed by atoms with Crippen molar-refractivity contribution in [1.29, 1.82) is 0 Å². The Balaban J connectivity index is 0.000000220. The van der Waals surface area contributed by atoms with E-state index in [1.807, 2.05) is 44.4 Å². The summed E-state index contributed by atoms with van der Waals surface area (Å²) in [6, 6.07) is 6.74. The maximum absolute atomic E-state index is 13.4. The number of carboxylic acids is 1. The summed E-state index contributed by atoms with van der Waals surface area (Å²) in [5.74, 6) is 0.103. The summed E-state index contributed by atoms with van der Waals surface area (Å²) in [6.07, 6.45) is 10.6. The Hall–Kier alpha value is -6.73. The van der Waals surface area contributed by atoms with Gasteiger partial charge in [-0.1, -0.05) is 35.5 Å². The number of nitrogens with zero attached hydrogens (tertiary/aromatic N) is 14. The molecule has 0 radical (unpaired) electrons. The molecule has 5 aliphatic heterocycles. The molecule has 86 heavy (non-hydrogen) atoms. The van der Waals surface area contributed by atoms with E-state index in [2.05, 4.69) is 84.0 Å². The van der Waals surface area contributed by atoms with Crippen LogP contribution in [0.5, 0.6) is 0 Å². The number of ether oxygens (including phenoxy) is 1. The van der Waals surface area contributed by atoms with Crippen LogP contribution in [0.1, 0.15) is 138 Å². The van der Waals surface area contributed by atoms with Crippen molar-refractivity contribution in [1.82, 2.24) is 63.6 Å². The average molecular weight is 1230 g/mol. The summed E-state index contributed by atoms with van der Waals surface area (Å²) in [5.41, 5.74) is 5.38. The number of carbonyl (C=O) groups excluding carboxylic acids is 3. The van der Waals surface area contributed by atoms with Gasteiger partial charge >= 0.3 is 12.1 Å². The number of aromatic nitrogens is 6. The smallest absolute Gasteiger partial charge is 0.410 e. The number of piperazine rings is 2. The summed E-state index contributed by atoms with van der Waals surface area (Å²) in [6.45, 7) is 34.3. The van der Waals surface area contributed by atoms with Crippen LogP contribution in [-0.4, -0.2) is 222 Å². The lowest BCUT2D eigenvalue weighted by molar-refractivity contribution is -0.0160. The van der Waals surface area contributed by atoms with Crippen molar-refractivity contribution in [2.45, 2.75) is 143 Å². The van der Waals surface area contributed by atoms with Gasteiger partial charge in [-0.05, 0) is 133 Å². The van der Waals surface area contributed by atoms with Crippen molar-refractivity contribution < 1.29 is 42.3 Å². The standard InChI is InChI=1S/C32H46ClN7O4S.C22H33N5O3.C7H8N2O2/c1-6-44-36-30(26-10-14-39(15-11-26)45(42,43)28-9-7-8-27(33)20-28)40-19-18-38(21-23(40)2)32(5)12-16-37(17-13-32)31(41)29-24(3)34-22-35-25(29)4;1-6-13-30-21(29)27-12-11-26(14-16(27)2)22(5)7-9-25(10-8-22)20(28)19-17(3)23-15-24-18(19)4;1-4-6(7(10)11)5(2)9-3-8-4/h7-9,20,22-23,26H,6,10-19,21H2,1-5H3;6,15-16H,1,7-14H2,2-5H3;3H,1-2H3,(H,10,11)/t23-;16-;/m00./s1. The largest absolute Gasteiger partial charge is 0.478 e. The maximum atomic E-state index is 13.4. The zero-order valence-corrected chi connectivity index (χ0v) is 53.5. The number of carboxylic acid groups (broad SMARTS) is 1. The molecule has 9 rings (SSSR count). The number of carbonyl (C=O) groups is 4. The van der Waals surface area contributed by atoms with Crippen molar-refractivity contribution in [3.63, 3.8) is 0 Å². The molecule has 4 aromatic rings. The number of aryl methyl sites for hydroxylation is 6. The Morgan fingerprint density at radius 1 is 0.674 bits per heavy atom. The van der Waals surface area contributed by atoms with E-state index in [1.165, 1.54) is 25.0 Å². The molecule has 5 saturated heterocycles. The molecule has 25 heteroatoms. The number of hydrogen-bond acceptors (Lipinski definition) is 17. The summed E-state index contributed by atoms with van der Waals surface area (Å²) < 4.78 is 33.3. The van der Waals surface area contributed by atoms with Gasteiger partial charge in [0, 0.05) is 113 Å². The van der Waals surface area contributed by atoms with Crippen molar-refractivity contribution in [3.05, 3.63) is 112 Å². The molecule has 0 aliphatic carbocycles. The lowest BCUT2D eigenvalue weighted by Crippen LogP contribution is -2.63. The second-order valence-electron chi connectivity index (χ2n) is 23.5. The topological polar surface area (TPSA) is 253 Å². The number of oxime groups is 1. The highest BCUT2D eigenvalue weighted by atomic mass is 35.5. The third-order valence-corrected chi connectivity index (χ3v) is 19.9. The van der Waals surface area contributed by atoms with E-state index in [9.17, 15) is 27.6 Å². The van der Waals surface area contributed by atoms with Gasteiger partial charge in [0.05, 0.1) is 50.2 Å². The fraction of sp³-hybridized carbons (Fsp3) is 0.590. The first-order valence-corrected chi connectivity index (χ1v) is 31.6. The predicted molar refractivity (Wildman–Crippen MR) is 328 cm³/mol. The van der Waals surface area contributed by atoms with E-state index >= 15 is 0 Å². The van der Waals surface area contributed by atoms with Crippen LogP contribution >= 0.6 is 11.6 Å². The minimum Gasteiger partial charge on any atom is -0.478 e. The fourth-order valence-electron chi connectivity index (χ4n) is 12.4. The molecule has 1 N–H and O–H groups in total. The Morgan fingerprint density at radius 2 is 1.10 bits per heavy atom. The van der Waals surface area contributed by atoms with Gasteiger partial charge < -0.3 is 34.3 Å². The zero-order chi connectivity index (χ0) is 62.7. The molecular weight excluding hydrogens is 1140 g/mol. The molecule has 1 aromatic carbocycles. The Labute approximate surface area is 512 Å². The van der Waals surface area contributed by atoms with E-state index in [4.69, 9.17) is 26.3 Å². The van der Waals surface area contributed by atoms with E-state index in [-0.39, 0.29) is 64.1 Å². The highest BCUT2D eigenvalue weighted by Crippen LogP contribution is 2.35. The molecule has 23 nitrogen and oxygen atoms in total. The lowest BCUT2D eigenvalue weighted by Gasteiger charge is -2.52. The Kier molecular flexibility index (Phi) is 22.8. The summed E-state index contributed by atoms with van der Waals surface area (Å²) in [4.78, 5) is 92.5. The third-order valence-electron chi connectivity index (χ3n) is 17.8. The first-order valence-electron chi connectivity index (χ1n) is 29.8. The van der Waals surface area contributed by atoms with Crippen LogP contribution in [0.4, 0.5) is 4.79 Å². The molecule has 0 unspecified atom stereocenters. The summed E-state index contributed by atoms with van der Waals surface area (Å²) >= 11 is 6.08. The third kappa shape index (κ3) is 15.7. The number of halogens is 1. The van der Waals surface area contributed by atoms with Gasteiger partial charge in [-0.25, -0.2) is 47.9 Å². The number of likely N-dealkylation sites (tertiary alicyclic amines) is 2. The number of sulfonamides is 1. The number of aromatic carboxylic acids is 1. The van der Waals surface area contributed by atoms with Gasteiger partial charge in [-0.3, -0.25) is 19.4 Å². The number of amidine groups is 1. The average Bonchev–Trinajstić information content (AvgIpc) is 2.70. The van der Waals surface area contributed by atoms with Crippen LogP contribution in [0.15, 0.2) is 66.0 Å². The predicted octanol–water partition coefficient (Wildman–Crippen LogP) is 7.41. The normalized spacial score (nSPS) is 20.6. The number of hydrogen-bond donors (Lipinski definition) is 1. The molecule has 5 aliphatic rings. The van der Waals surface area contributed by atoms with Crippen molar-refractivity contribution in [3.8, 4) is 0 Å². The van der Waals surface area contributed by atoms with Gasteiger partial charge in [0.2, 0.25) is 10.0 Å². The Bertz CT molecular complexity index is 3140. The van der Waals surface area contributed by atoms with E-state index in [0.717, 1.165) is 87.0 Å². The fourth-order valence-corrected chi connectivity index (χ4v) is 14.2. The van der Waals surface area contributed by atoms with E-state index in [0.29, 0.717) is 92.8 Å². The van der Waals surface area contributed by atoms with E-state index in [1.54, 1.807) is 47.3 Å². The molecule has 2 atom stereocenters. The number of piperidine rings is 3. The summed E-state index contributed by atoms with van der Waals surface area (Å²) in [7, 11) is -3.62. The molecule has 0 bridgehead atoms. The highest BCUT2D eigenvalue weighted by Gasteiger charge is 2.44. The molecular formula is C61H87ClN14O9S. The molecule has 5 fully saturated rings. The second-order valence-corrected chi connectivity index (χ2v) is 25.9. The lowest BCUT2D eigenvalue weighted by atomic mass is 9.86. The van der Waals surface area contributed by atoms with Crippen LogP contribution in [0.3, 0.4) is 0 Å². The maximum Gasteiger partial charge on any atom is 0.410 e. The second kappa shape index (κ2) is 29.3. The van der Waals surface area contributed by atoms with Crippen LogP contribution in [-0.2, 0) is 19.6 Å². The zero-order valence-electron chi connectivity index (χ0n) is 52.0. The Morgan fingerprint density at radius 3 is 1.49 bits per heavy atom. The van der Waals surface area contributed by atoms with Gasteiger partial charge in [0.1, 0.15) is 43.6 Å². The van der Waals surface area contributed by atoms with Crippen LogP contribution < -0.4 is 0 Å². The SMILES string of the molecule is C=CCOC(=O)N1CCN(C2(C)CCN(C(=O)c3c(C)ncnc3C)CC2)C[C@@H]1C.CCON=C(C1CCN(S(=O)(=O)c2cccc(Cl)c2)CC1)N1CCN(C2(C)CCN(C(=O)c3c(C)ncnc3C)CC2)C[C@@H]1C.Cc1ncnc(C)c1C(=O)O. The number of benzene rings is 1. The molecule has 468 valence electrons. The number of amides is 3. The van der Waals surface area contributed by atoms with Crippen LogP contribution in [0.25, 0.3) is 0 Å². The monoisotopic (exact) mass is 1230 g/mol. The molecule has 3 aromatic heterocycles. The molecule has 8 heterocycles. The molecule has 0 saturated carbocycles. The van der Waals surface area contributed by atoms with Crippen LogP contribution in [0.2, 0.25) is 5.02 Å². The van der Waals surface area contributed by atoms with Gasteiger partial charge in [0.15, 0.2) is 0 Å². The van der Waals surface area contributed by atoms with Crippen molar-refractivity contribution in [2.75, 3.05) is 91.8 Å². The molecule has 3 amide bonds. The van der Waals surface area contributed by atoms with Gasteiger partial charge in [0.25, 0.3) is 11.8 Å². The van der Waals surface area contributed by atoms with E-state index < -0.39 is 16.0 Å². The molecule has 0 spiro atoms. The first-order chi connectivity index (χ1) is 40.8. The minimum atomic E-state index is -3.62. The van der Waals surface area contributed by atoms with Gasteiger partial charge in [-0.2, -0.15) is 4.31 Å². The summed E-state index contributed by atoms with van der Waals surface area (Å²) in [5, 5.41) is 13.7. The van der Waals surface area contributed by atoms with Crippen LogP contribution in [0, 0.1) is 47.5 Å². The highest BCUT2D eigenvalue weighted by molar-refractivity contribution is 7.89.